The van der Waals surface area contributed by atoms with Gasteiger partial charge in [-0.3, -0.25) is 0 Å². The summed E-state index contributed by atoms with van der Waals surface area (Å²) in [6.07, 6.45) is 5.77. The van der Waals surface area contributed by atoms with Crippen LogP contribution in [-0.2, 0) is 4.74 Å². The van der Waals surface area contributed by atoms with E-state index in [-0.39, 0.29) is 0 Å². The maximum atomic E-state index is 5.69. The highest BCUT2D eigenvalue weighted by Gasteiger charge is 2.18. The van der Waals surface area contributed by atoms with Gasteiger partial charge in [0.1, 0.15) is 0 Å². The zero-order valence-corrected chi connectivity index (χ0v) is 8.77. The van der Waals surface area contributed by atoms with Gasteiger partial charge in [0.05, 0.1) is 12.7 Å². The molecule has 1 atom stereocenters. The van der Waals surface area contributed by atoms with Crippen LogP contribution >= 0.6 is 15.9 Å². The summed E-state index contributed by atoms with van der Waals surface area (Å²) in [7, 11) is 0. The normalized spacial score (nSPS) is 21.3. The Bertz CT molecular complexity index is 97.7. The Morgan fingerprint density at radius 1 is 1.55 bits per heavy atom. The SMILES string of the molecule is CCC(CBr)COC1CCC1. The van der Waals surface area contributed by atoms with Crippen LogP contribution in [0.3, 0.4) is 0 Å². The number of hydrogen-bond donors (Lipinski definition) is 0. The molecule has 0 spiro atoms. The van der Waals surface area contributed by atoms with E-state index < -0.39 is 0 Å². The van der Waals surface area contributed by atoms with Crippen molar-refractivity contribution >= 4 is 15.9 Å². The van der Waals surface area contributed by atoms with E-state index in [1.54, 1.807) is 0 Å². The summed E-state index contributed by atoms with van der Waals surface area (Å²) in [5.74, 6) is 0.718. The number of hydrogen-bond acceptors (Lipinski definition) is 1. The van der Waals surface area contributed by atoms with Crippen LogP contribution in [-0.4, -0.2) is 18.0 Å². The lowest BCUT2D eigenvalue weighted by atomic mass is 9.96. The minimum atomic E-state index is 0.600. The fourth-order valence-corrected chi connectivity index (χ4v) is 1.73. The predicted octanol–water partition coefficient (Wildman–Crippen LogP) is 2.98. The van der Waals surface area contributed by atoms with Gasteiger partial charge < -0.3 is 4.74 Å². The van der Waals surface area contributed by atoms with Crippen molar-refractivity contribution in [1.82, 2.24) is 0 Å². The number of ether oxygens (including phenoxy) is 1. The molecule has 1 aliphatic carbocycles. The summed E-state index contributed by atoms with van der Waals surface area (Å²) in [5, 5.41) is 1.08. The molecular weight excluding hydrogens is 204 g/mol. The lowest BCUT2D eigenvalue weighted by Gasteiger charge is -2.27. The van der Waals surface area contributed by atoms with Gasteiger partial charge in [-0.1, -0.05) is 29.3 Å². The van der Waals surface area contributed by atoms with Crippen molar-refractivity contribution in [1.29, 1.82) is 0 Å². The van der Waals surface area contributed by atoms with E-state index in [2.05, 4.69) is 22.9 Å². The van der Waals surface area contributed by atoms with Gasteiger partial charge in [-0.05, 0) is 25.2 Å². The Morgan fingerprint density at radius 2 is 2.27 bits per heavy atom. The molecule has 0 amide bonds. The summed E-state index contributed by atoms with van der Waals surface area (Å²) >= 11 is 3.49. The zero-order valence-electron chi connectivity index (χ0n) is 7.18. The molecule has 2 heteroatoms. The van der Waals surface area contributed by atoms with Gasteiger partial charge in [0.2, 0.25) is 0 Å². The van der Waals surface area contributed by atoms with E-state index in [1.165, 1.54) is 25.7 Å². The van der Waals surface area contributed by atoms with Crippen LogP contribution in [0.25, 0.3) is 0 Å². The van der Waals surface area contributed by atoms with Gasteiger partial charge in [-0.25, -0.2) is 0 Å². The van der Waals surface area contributed by atoms with E-state index in [9.17, 15) is 0 Å². The third-order valence-corrected chi connectivity index (χ3v) is 3.33. The first kappa shape index (κ1) is 9.53. The molecule has 11 heavy (non-hydrogen) atoms. The molecule has 0 aromatic heterocycles. The summed E-state index contributed by atoms with van der Waals surface area (Å²) in [6.45, 7) is 3.17. The molecule has 0 bridgehead atoms. The lowest BCUT2D eigenvalue weighted by molar-refractivity contribution is -0.0127. The smallest absolute Gasteiger partial charge is 0.0575 e. The zero-order chi connectivity index (χ0) is 8.10. The van der Waals surface area contributed by atoms with Crippen LogP contribution in [0, 0.1) is 5.92 Å². The van der Waals surface area contributed by atoms with Crippen molar-refractivity contribution in [3.8, 4) is 0 Å². The Balaban J connectivity index is 1.99. The summed E-state index contributed by atoms with van der Waals surface area (Å²) in [4.78, 5) is 0. The summed E-state index contributed by atoms with van der Waals surface area (Å²) in [6, 6.07) is 0. The average molecular weight is 221 g/mol. The van der Waals surface area contributed by atoms with Gasteiger partial charge in [0.25, 0.3) is 0 Å². The molecule has 1 saturated carbocycles. The Morgan fingerprint density at radius 3 is 2.64 bits per heavy atom. The topological polar surface area (TPSA) is 9.23 Å². The van der Waals surface area contributed by atoms with Crippen molar-refractivity contribution in [2.24, 2.45) is 5.92 Å². The average Bonchev–Trinajstić information content (AvgIpc) is 1.95. The molecule has 66 valence electrons. The fraction of sp³-hybridized carbons (Fsp3) is 1.00. The van der Waals surface area contributed by atoms with Crippen molar-refractivity contribution in [2.45, 2.75) is 38.7 Å². The number of halogens is 1. The highest BCUT2D eigenvalue weighted by Crippen LogP contribution is 2.23. The molecule has 0 radical (unpaired) electrons. The Hall–Kier alpha value is 0.440. The second-order valence-corrected chi connectivity index (χ2v) is 3.96. The Labute approximate surface area is 77.6 Å². The van der Waals surface area contributed by atoms with Gasteiger partial charge in [-0.2, -0.15) is 0 Å². The first-order valence-electron chi connectivity index (χ1n) is 4.54. The van der Waals surface area contributed by atoms with E-state index >= 15 is 0 Å². The van der Waals surface area contributed by atoms with E-state index in [0.29, 0.717) is 6.10 Å². The molecule has 0 aliphatic heterocycles. The van der Waals surface area contributed by atoms with Crippen molar-refractivity contribution in [3.63, 3.8) is 0 Å². The second kappa shape index (κ2) is 5.15. The highest BCUT2D eigenvalue weighted by molar-refractivity contribution is 9.09. The number of alkyl halides is 1. The van der Waals surface area contributed by atoms with E-state index in [1.807, 2.05) is 0 Å². The van der Waals surface area contributed by atoms with Crippen LogP contribution in [0.15, 0.2) is 0 Å². The van der Waals surface area contributed by atoms with Crippen molar-refractivity contribution in [2.75, 3.05) is 11.9 Å². The first-order chi connectivity index (χ1) is 5.36. The molecule has 1 nitrogen and oxygen atoms in total. The summed E-state index contributed by atoms with van der Waals surface area (Å²) in [5.41, 5.74) is 0. The third kappa shape index (κ3) is 3.12. The monoisotopic (exact) mass is 220 g/mol. The van der Waals surface area contributed by atoms with Crippen LogP contribution < -0.4 is 0 Å². The standard InChI is InChI=1S/C9H17BrO/c1-2-8(6-10)7-11-9-4-3-5-9/h8-9H,2-7H2,1H3. The van der Waals surface area contributed by atoms with Crippen molar-refractivity contribution in [3.05, 3.63) is 0 Å². The predicted molar refractivity (Wildman–Crippen MR) is 51.2 cm³/mol. The molecule has 1 unspecified atom stereocenters. The largest absolute Gasteiger partial charge is 0.378 e. The minimum absolute atomic E-state index is 0.600. The van der Waals surface area contributed by atoms with Gasteiger partial charge in [-0.15, -0.1) is 0 Å². The molecule has 0 aromatic carbocycles. The molecule has 0 aromatic rings. The molecule has 0 heterocycles. The third-order valence-electron chi connectivity index (χ3n) is 2.42. The first-order valence-corrected chi connectivity index (χ1v) is 5.66. The van der Waals surface area contributed by atoms with Gasteiger partial charge in [0.15, 0.2) is 0 Å². The van der Waals surface area contributed by atoms with E-state index in [4.69, 9.17) is 4.74 Å². The number of rotatable bonds is 5. The molecule has 1 rings (SSSR count). The summed E-state index contributed by atoms with van der Waals surface area (Å²) < 4.78 is 5.69. The van der Waals surface area contributed by atoms with Crippen LogP contribution in [0.2, 0.25) is 0 Å². The molecule has 0 saturated heterocycles. The van der Waals surface area contributed by atoms with Crippen LogP contribution in [0.5, 0.6) is 0 Å². The van der Waals surface area contributed by atoms with Crippen molar-refractivity contribution < 1.29 is 4.74 Å². The van der Waals surface area contributed by atoms with Crippen LogP contribution in [0.4, 0.5) is 0 Å². The molecule has 1 aliphatic rings. The molecular formula is C9H17BrO. The van der Waals surface area contributed by atoms with E-state index in [0.717, 1.165) is 17.9 Å². The fourth-order valence-electron chi connectivity index (χ4n) is 1.08. The molecule has 1 fully saturated rings. The quantitative estimate of drug-likeness (QED) is 0.648. The van der Waals surface area contributed by atoms with Crippen LogP contribution in [0.1, 0.15) is 32.6 Å². The Kier molecular flexibility index (Phi) is 4.46. The van der Waals surface area contributed by atoms with Gasteiger partial charge >= 0.3 is 0 Å². The molecule has 0 N–H and O–H groups in total. The lowest BCUT2D eigenvalue weighted by Crippen LogP contribution is -2.24. The second-order valence-electron chi connectivity index (χ2n) is 3.31. The van der Waals surface area contributed by atoms with Gasteiger partial charge in [0, 0.05) is 5.33 Å². The maximum absolute atomic E-state index is 5.69. The minimum Gasteiger partial charge on any atom is -0.378 e. The highest BCUT2D eigenvalue weighted by atomic mass is 79.9. The maximum Gasteiger partial charge on any atom is 0.0575 e.